The number of nitro benzene ring substituents is 1. The van der Waals surface area contributed by atoms with Crippen molar-refractivity contribution in [3.63, 3.8) is 0 Å². The lowest BCUT2D eigenvalue weighted by atomic mass is 10.0. The van der Waals surface area contributed by atoms with E-state index in [0.717, 1.165) is 0 Å². The van der Waals surface area contributed by atoms with Crippen molar-refractivity contribution in [2.45, 2.75) is 13.0 Å². The van der Waals surface area contributed by atoms with Crippen LogP contribution < -0.4 is 0 Å². The molecule has 2 rings (SSSR count). The van der Waals surface area contributed by atoms with Crippen molar-refractivity contribution in [1.29, 1.82) is 0 Å². The number of rotatable bonds is 6. The number of hydrogen-bond acceptors (Lipinski definition) is 6. The number of ketones is 2. The van der Waals surface area contributed by atoms with Gasteiger partial charge in [-0.2, -0.15) is 10.2 Å². The summed E-state index contributed by atoms with van der Waals surface area (Å²) in [6.45, 7) is 1.25. The normalized spacial score (nSPS) is 12.0. The Hall–Kier alpha value is -3.22. The molecule has 2 aromatic carbocycles. The first kappa shape index (κ1) is 16.2. The summed E-state index contributed by atoms with van der Waals surface area (Å²) in [5, 5.41) is 18.3. The predicted octanol–water partition coefficient (Wildman–Crippen LogP) is 3.52. The molecule has 116 valence electrons. The highest BCUT2D eigenvalue weighted by Crippen LogP contribution is 2.21. The number of Topliss-reactive ketones (excluding diaryl/α,β-unsaturated/α-hetero) is 2. The SMILES string of the molecule is CC(=O)C(N=Nc1cccc([N+](=O)[O-])c1)C(=O)c1ccccc1. The summed E-state index contributed by atoms with van der Waals surface area (Å²) >= 11 is 0. The first-order valence-corrected chi connectivity index (χ1v) is 6.74. The molecule has 0 aliphatic heterocycles. The van der Waals surface area contributed by atoms with Crippen molar-refractivity contribution in [1.82, 2.24) is 0 Å². The summed E-state index contributed by atoms with van der Waals surface area (Å²) in [5.74, 6) is -0.916. The van der Waals surface area contributed by atoms with Crippen molar-refractivity contribution in [3.05, 3.63) is 70.3 Å². The largest absolute Gasteiger partial charge is 0.297 e. The average molecular weight is 311 g/mol. The van der Waals surface area contributed by atoms with Crippen LogP contribution >= 0.6 is 0 Å². The Labute approximate surface area is 131 Å². The smallest absolute Gasteiger partial charge is 0.271 e. The van der Waals surface area contributed by atoms with Gasteiger partial charge in [0.1, 0.15) is 0 Å². The highest BCUT2D eigenvalue weighted by Gasteiger charge is 2.24. The number of nitrogens with zero attached hydrogens (tertiary/aromatic N) is 3. The highest BCUT2D eigenvalue weighted by molar-refractivity contribution is 6.13. The molecule has 7 nitrogen and oxygen atoms in total. The third-order valence-electron chi connectivity index (χ3n) is 3.02. The van der Waals surface area contributed by atoms with Crippen LogP contribution in [0, 0.1) is 10.1 Å². The number of non-ortho nitro benzene ring substituents is 1. The Morgan fingerprint density at radius 3 is 2.39 bits per heavy atom. The molecule has 1 unspecified atom stereocenters. The van der Waals surface area contributed by atoms with E-state index in [1.807, 2.05) is 0 Å². The molecular formula is C16H13N3O4. The molecule has 1 atom stereocenters. The predicted molar refractivity (Wildman–Crippen MR) is 82.9 cm³/mol. The van der Waals surface area contributed by atoms with Gasteiger partial charge in [-0.1, -0.05) is 36.4 Å². The maximum atomic E-state index is 12.3. The second kappa shape index (κ2) is 7.17. The van der Waals surface area contributed by atoms with Crippen molar-refractivity contribution in [3.8, 4) is 0 Å². The molecule has 0 saturated heterocycles. The molecule has 23 heavy (non-hydrogen) atoms. The van der Waals surface area contributed by atoms with E-state index >= 15 is 0 Å². The molecule has 0 fully saturated rings. The summed E-state index contributed by atoms with van der Waals surface area (Å²) in [5.41, 5.74) is 0.409. The van der Waals surface area contributed by atoms with E-state index in [0.29, 0.717) is 5.56 Å². The van der Waals surface area contributed by atoms with E-state index in [1.165, 1.54) is 31.2 Å². The van der Waals surface area contributed by atoms with Crippen LogP contribution in [0.3, 0.4) is 0 Å². The summed E-state index contributed by atoms with van der Waals surface area (Å²) in [4.78, 5) is 34.1. The van der Waals surface area contributed by atoms with Crippen molar-refractivity contribution >= 4 is 22.9 Å². The molecule has 0 aliphatic carbocycles. The number of benzene rings is 2. The zero-order chi connectivity index (χ0) is 16.8. The molecule has 0 radical (unpaired) electrons. The maximum Gasteiger partial charge on any atom is 0.271 e. The van der Waals surface area contributed by atoms with E-state index in [1.54, 1.807) is 30.3 Å². The van der Waals surface area contributed by atoms with Crippen LogP contribution in [0.2, 0.25) is 0 Å². The van der Waals surface area contributed by atoms with E-state index in [4.69, 9.17) is 0 Å². The lowest BCUT2D eigenvalue weighted by molar-refractivity contribution is -0.384. The topological polar surface area (TPSA) is 102 Å². The number of carbonyl (C=O) groups excluding carboxylic acids is 2. The molecule has 0 bridgehead atoms. The Bertz CT molecular complexity index is 772. The molecule has 0 aromatic heterocycles. The van der Waals surface area contributed by atoms with Crippen LogP contribution in [-0.2, 0) is 4.79 Å². The standard InChI is InChI=1S/C16H13N3O4/c1-11(20)15(16(21)12-6-3-2-4-7-12)18-17-13-8-5-9-14(10-13)19(22)23/h2-10,15H,1H3. The Morgan fingerprint density at radius 1 is 1.09 bits per heavy atom. The fraction of sp³-hybridized carbons (Fsp3) is 0.125. The van der Waals surface area contributed by atoms with Gasteiger partial charge in [0.25, 0.3) is 5.69 Å². The second-order valence-corrected chi connectivity index (χ2v) is 4.74. The van der Waals surface area contributed by atoms with Gasteiger partial charge in [-0.15, -0.1) is 0 Å². The van der Waals surface area contributed by atoms with Crippen LogP contribution in [0.5, 0.6) is 0 Å². The molecule has 0 N–H and O–H groups in total. The number of carbonyl (C=O) groups is 2. The van der Waals surface area contributed by atoms with E-state index in [-0.39, 0.29) is 11.4 Å². The van der Waals surface area contributed by atoms with Crippen molar-refractivity contribution in [2.75, 3.05) is 0 Å². The quantitative estimate of drug-likeness (QED) is 0.268. The van der Waals surface area contributed by atoms with Gasteiger partial charge in [0.15, 0.2) is 17.6 Å². The maximum absolute atomic E-state index is 12.3. The van der Waals surface area contributed by atoms with E-state index < -0.39 is 22.5 Å². The average Bonchev–Trinajstić information content (AvgIpc) is 2.55. The Morgan fingerprint density at radius 2 is 1.78 bits per heavy atom. The molecule has 0 spiro atoms. The Balaban J connectivity index is 2.26. The third kappa shape index (κ3) is 4.13. The zero-order valence-corrected chi connectivity index (χ0v) is 12.2. The first-order valence-electron chi connectivity index (χ1n) is 6.74. The second-order valence-electron chi connectivity index (χ2n) is 4.74. The van der Waals surface area contributed by atoms with Gasteiger partial charge in [0.2, 0.25) is 0 Å². The molecule has 0 amide bonds. The fourth-order valence-electron chi connectivity index (χ4n) is 1.87. The van der Waals surface area contributed by atoms with Crippen molar-refractivity contribution in [2.24, 2.45) is 10.2 Å². The minimum absolute atomic E-state index is 0.143. The molecule has 7 heteroatoms. The summed E-state index contributed by atoms with van der Waals surface area (Å²) in [6, 6.07) is 12.5. The monoisotopic (exact) mass is 311 g/mol. The van der Waals surface area contributed by atoms with Gasteiger partial charge in [-0.3, -0.25) is 19.7 Å². The van der Waals surface area contributed by atoms with Crippen LogP contribution in [-0.4, -0.2) is 22.5 Å². The highest BCUT2D eigenvalue weighted by atomic mass is 16.6. The molecule has 2 aromatic rings. The summed E-state index contributed by atoms with van der Waals surface area (Å²) in [7, 11) is 0. The lowest BCUT2D eigenvalue weighted by Crippen LogP contribution is -2.26. The first-order chi connectivity index (χ1) is 11.0. The Kier molecular flexibility index (Phi) is 5.03. The van der Waals surface area contributed by atoms with Gasteiger partial charge in [0, 0.05) is 17.7 Å². The van der Waals surface area contributed by atoms with E-state index in [2.05, 4.69) is 10.2 Å². The van der Waals surface area contributed by atoms with Gasteiger partial charge in [-0.05, 0) is 13.0 Å². The molecule has 0 saturated carbocycles. The van der Waals surface area contributed by atoms with Crippen LogP contribution in [0.25, 0.3) is 0 Å². The summed E-state index contributed by atoms with van der Waals surface area (Å²) < 4.78 is 0. The van der Waals surface area contributed by atoms with Crippen molar-refractivity contribution < 1.29 is 14.5 Å². The minimum atomic E-state index is -1.27. The van der Waals surface area contributed by atoms with Gasteiger partial charge < -0.3 is 0 Å². The molecule has 0 aliphatic rings. The van der Waals surface area contributed by atoms with E-state index in [9.17, 15) is 19.7 Å². The summed E-state index contributed by atoms with van der Waals surface area (Å²) in [6.07, 6.45) is 0. The van der Waals surface area contributed by atoms with Crippen LogP contribution in [0.1, 0.15) is 17.3 Å². The number of hydrogen-bond donors (Lipinski definition) is 0. The molecular weight excluding hydrogens is 298 g/mol. The van der Waals surface area contributed by atoms with Gasteiger partial charge in [0.05, 0.1) is 10.6 Å². The number of nitro groups is 1. The zero-order valence-electron chi connectivity index (χ0n) is 12.2. The van der Waals surface area contributed by atoms with Crippen LogP contribution in [0.4, 0.5) is 11.4 Å². The minimum Gasteiger partial charge on any atom is -0.297 e. The molecule has 0 heterocycles. The lowest BCUT2D eigenvalue weighted by Gasteiger charge is -2.06. The van der Waals surface area contributed by atoms with Crippen LogP contribution in [0.15, 0.2) is 64.8 Å². The van der Waals surface area contributed by atoms with Gasteiger partial charge in [-0.25, -0.2) is 0 Å². The van der Waals surface area contributed by atoms with Gasteiger partial charge >= 0.3 is 0 Å². The fourth-order valence-corrected chi connectivity index (χ4v) is 1.87. The third-order valence-corrected chi connectivity index (χ3v) is 3.02. The number of azo groups is 1.